The lowest BCUT2D eigenvalue weighted by atomic mass is 9.46. The summed E-state index contributed by atoms with van der Waals surface area (Å²) in [5.74, 6) is 1.88. The number of hydrogen-bond donors (Lipinski definition) is 0. The highest BCUT2D eigenvalue weighted by Gasteiger charge is 2.57. The van der Waals surface area contributed by atoms with Crippen molar-refractivity contribution in [3.05, 3.63) is 35.8 Å². The number of hydrogen-bond acceptors (Lipinski definition) is 4. The van der Waals surface area contributed by atoms with Gasteiger partial charge >= 0.3 is 5.97 Å². The highest BCUT2D eigenvalue weighted by molar-refractivity contribution is 5.77. The van der Waals surface area contributed by atoms with Crippen molar-refractivity contribution in [1.82, 2.24) is 4.90 Å². The van der Waals surface area contributed by atoms with Crippen molar-refractivity contribution in [1.29, 1.82) is 0 Å². The van der Waals surface area contributed by atoms with Gasteiger partial charge in [0.15, 0.2) is 0 Å². The van der Waals surface area contributed by atoms with Crippen LogP contribution in [0.5, 0.6) is 0 Å². The Morgan fingerprint density at radius 1 is 1.30 bits per heavy atom. The number of fused-ring (bicyclic) bond motifs is 1. The van der Waals surface area contributed by atoms with Gasteiger partial charge in [-0.15, -0.1) is 0 Å². The van der Waals surface area contributed by atoms with E-state index in [2.05, 4.69) is 45.2 Å². The number of allylic oxidation sites excluding steroid dienone is 1. The number of methoxy groups -OCH3 is 1. The zero-order chi connectivity index (χ0) is 21.9. The van der Waals surface area contributed by atoms with Crippen LogP contribution in [-0.4, -0.2) is 31.1 Å². The SMILES string of the molecule is C=C1CC[C@H]2[C@](C)(CCC[C@]2(C)C(=O)OC)[C@@H]1CCc1ccoc1CN(CC)CC. The molecule has 2 aliphatic rings. The van der Waals surface area contributed by atoms with Crippen LogP contribution in [-0.2, 0) is 22.5 Å². The molecule has 4 nitrogen and oxygen atoms in total. The molecule has 0 spiro atoms. The fourth-order valence-corrected chi connectivity index (χ4v) is 6.64. The van der Waals surface area contributed by atoms with Gasteiger partial charge in [-0.25, -0.2) is 0 Å². The predicted molar refractivity (Wildman–Crippen MR) is 121 cm³/mol. The molecule has 4 heteroatoms. The molecule has 0 bridgehead atoms. The summed E-state index contributed by atoms with van der Waals surface area (Å²) in [5, 5.41) is 0. The Morgan fingerprint density at radius 2 is 2.03 bits per heavy atom. The van der Waals surface area contributed by atoms with E-state index >= 15 is 0 Å². The monoisotopic (exact) mass is 415 g/mol. The highest BCUT2D eigenvalue weighted by Crippen LogP contribution is 2.62. The topological polar surface area (TPSA) is 42.7 Å². The van der Waals surface area contributed by atoms with E-state index in [0.29, 0.717) is 11.8 Å². The van der Waals surface area contributed by atoms with Crippen molar-refractivity contribution in [3.63, 3.8) is 0 Å². The summed E-state index contributed by atoms with van der Waals surface area (Å²) in [6, 6.07) is 2.14. The molecule has 0 radical (unpaired) electrons. The third kappa shape index (κ3) is 4.12. The molecule has 1 aromatic rings. The van der Waals surface area contributed by atoms with E-state index in [1.54, 1.807) is 0 Å². The Kier molecular flexibility index (Phi) is 7.16. The zero-order valence-electron chi connectivity index (χ0n) is 19.8. The average Bonchev–Trinajstić information content (AvgIpc) is 3.17. The highest BCUT2D eigenvalue weighted by atomic mass is 16.5. The molecule has 2 saturated carbocycles. The van der Waals surface area contributed by atoms with Gasteiger partial charge in [-0.2, -0.15) is 0 Å². The fourth-order valence-electron chi connectivity index (χ4n) is 6.64. The van der Waals surface area contributed by atoms with Crippen LogP contribution >= 0.6 is 0 Å². The zero-order valence-corrected chi connectivity index (χ0v) is 19.8. The van der Waals surface area contributed by atoms with Crippen molar-refractivity contribution in [2.75, 3.05) is 20.2 Å². The number of esters is 1. The lowest BCUT2D eigenvalue weighted by molar-refractivity contribution is -0.168. The first-order valence-electron chi connectivity index (χ1n) is 11.8. The van der Waals surface area contributed by atoms with Crippen LogP contribution in [0.15, 0.2) is 28.9 Å². The van der Waals surface area contributed by atoms with E-state index in [4.69, 9.17) is 9.15 Å². The standard InChI is InChI=1S/C26H41NO3/c1-7-27(8-2)18-22-20(14-17-30-22)11-12-21-19(3)10-13-23-25(21,4)15-9-16-26(23,5)24(28)29-6/h14,17,21,23H,3,7-13,15-16,18H2,1-2,4-6H3/t21-,23+,25-,26+/m1/s1. The van der Waals surface area contributed by atoms with Crippen LogP contribution < -0.4 is 0 Å². The maximum absolute atomic E-state index is 12.8. The molecular weight excluding hydrogens is 374 g/mol. The quantitative estimate of drug-likeness (QED) is 0.385. The van der Waals surface area contributed by atoms with E-state index < -0.39 is 0 Å². The van der Waals surface area contributed by atoms with Crippen molar-refractivity contribution in [2.45, 2.75) is 79.2 Å². The first-order valence-corrected chi connectivity index (χ1v) is 11.8. The third-order valence-corrected chi connectivity index (χ3v) is 8.47. The summed E-state index contributed by atoms with van der Waals surface area (Å²) in [4.78, 5) is 15.2. The van der Waals surface area contributed by atoms with Crippen LogP contribution in [0.2, 0.25) is 0 Å². The molecule has 0 N–H and O–H groups in total. The van der Waals surface area contributed by atoms with Gasteiger partial charge in [-0.1, -0.05) is 39.3 Å². The average molecular weight is 416 g/mol. The lowest BCUT2D eigenvalue weighted by Gasteiger charge is -2.57. The van der Waals surface area contributed by atoms with Crippen molar-refractivity contribution in [3.8, 4) is 0 Å². The van der Waals surface area contributed by atoms with Gasteiger partial charge in [0.2, 0.25) is 0 Å². The lowest BCUT2D eigenvalue weighted by Crippen LogP contribution is -2.53. The second-order valence-corrected chi connectivity index (χ2v) is 9.94. The van der Waals surface area contributed by atoms with E-state index in [-0.39, 0.29) is 16.8 Å². The number of carbonyl (C=O) groups excluding carboxylic acids is 1. The molecule has 3 rings (SSSR count). The summed E-state index contributed by atoms with van der Waals surface area (Å²) in [7, 11) is 1.54. The van der Waals surface area contributed by atoms with Crippen LogP contribution in [0.3, 0.4) is 0 Å². The Bertz CT molecular complexity index is 749. The number of carbonyl (C=O) groups is 1. The molecule has 0 saturated heterocycles. The molecule has 0 aliphatic heterocycles. The van der Waals surface area contributed by atoms with Gasteiger partial charge < -0.3 is 9.15 Å². The third-order valence-electron chi connectivity index (χ3n) is 8.47. The van der Waals surface area contributed by atoms with E-state index in [0.717, 1.165) is 63.9 Å². The molecule has 168 valence electrons. The van der Waals surface area contributed by atoms with Crippen LogP contribution in [0.25, 0.3) is 0 Å². The minimum atomic E-state index is -0.371. The fraction of sp³-hybridized carbons (Fsp3) is 0.731. The van der Waals surface area contributed by atoms with E-state index in [9.17, 15) is 4.79 Å². The Balaban J connectivity index is 1.78. The van der Waals surface area contributed by atoms with Gasteiger partial charge in [0.05, 0.1) is 25.3 Å². The van der Waals surface area contributed by atoms with Gasteiger partial charge in [-0.05, 0) is 87.4 Å². The molecule has 1 heterocycles. The van der Waals surface area contributed by atoms with Crippen LogP contribution in [0.4, 0.5) is 0 Å². The van der Waals surface area contributed by atoms with Gasteiger partial charge in [0, 0.05) is 0 Å². The normalized spacial score (nSPS) is 31.6. The van der Waals surface area contributed by atoms with Gasteiger partial charge in [0.25, 0.3) is 0 Å². The van der Waals surface area contributed by atoms with Crippen molar-refractivity contribution < 1.29 is 13.9 Å². The number of furan rings is 1. The van der Waals surface area contributed by atoms with E-state index in [1.807, 2.05) is 6.26 Å². The largest absolute Gasteiger partial charge is 0.469 e. The van der Waals surface area contributed by atoms with Crippen LogP contribution in [0, 0.1) is 22.7 Å². The second kappa shape index (κ2) is 9.30. The van der Waals surface area contributed by atoms with Crippen molar-refractivity contribution in [2.24, 2.45) is 22.7 Å². The summed E-state index contributed by atoms with van der Waals surface area (Å²) < 4.78 is 11.1. The van der Waals surface area contributed by atoms with Gasteiger partial charge in [0.1, 0.15) is 5.76 Å². The minimum Gasteiger partial charge on any atom is -0.469 e. The number of nitrogens with zero attached hydrogens (tertiary/aromatic N) is 1. The predicted octanol–water partition coefficient (Wildman–Crippen LogP) is 6.01. The molecule has 30 heavy (non-hydrogen) atoms. The summed E-state index contributed by atoms with van der Waals surface area (Å²) in [6.07, 6.45) is 9.19. The summed E-state index contributed by atoms with van der Waals surface area (Å²) in [6.45, 7) is 16.4. The Hall–Kier alpha value is -1.55. The molecule has 0 amide bonds. The molecular formula is C26H41NO3. The van der Waals surface area contributed by atoms with E-state index in [1.165, 1.54) is 24.7 Å². The second-order valence-electron chi connectivity index (χ2n) is 9.94. The summed E-state index contributed by atoms with van der Waals surface area (Å²) in [5.41, 5.74) is 2.44. The number of aryl methyl sites for hydroxylation is 1. The minimum absolute atomic E-state index is 0.0268. The number of rotatable bonds is 8. The maximum atomic E-state index is 12.8. The first kappa shape index (κ1) is 23.1. The molecule has 0 aromatic carbocycles. The Morgan fingerprint density at radius 3 is 2.70 bits per heavy atom. The first-order chi connectivity index (χ1) is 14.3. The Labute approximate surface area is 183 Å². The van der Waals surface area contributed by atoms with Gasteiger partial charge in [-0.3, -0.25) is 9.69 Å². The van der Waals surface area contributed by atoms with Crippen LogP contribution in [0.1, 0.15) is 77.5 Å². The summed E-state index contributed by atoms with van der Waals surface area (Å²) >= 11 is 0. The molecule has 2 aliphatic carbocycles. The number of ether oxygens (including phenoxy) is 1. The molecule has 4 atom stereocenters. The molecule has 0 unspecified atom stereocenters. The van der Waals surface area contributed by atoms with Crippen molar-refractivity contribution >= 4 is 5.97 Å². The molecule has 1 aromatic heterocycles. The molecule has 2 fully saturated rings. The smallest absolute Gasteiger partial charge is 0.311 e. The maximum Gasteiger partial charge on any atom is 0.311 e.